The molecular formula is C6H4Cl2N2. The van der Waals surface area contributed by atoms with Crippen molar-refractivity contribution in [3.05, 3.63) is 28.0 Å². The first kappa shape index (κ1) is 7.51. The van der Waals surface area contributed by atoms with Crippen molar-refractivity contribution < 1.29 is 0 Å². The molecule has 10 heavy (non-hydrogen) atoms. The molecule has 0 aromatic carbocycles. The van der Waals surface area contributed by atoms with Crippen LogP contribution in [0, 0.1) is 5.41 Å². The lowest BCUT2D eigenvalue weighted by molar-refractivity contribution is 1.29. The van der Waals surface area contributed by atoms with E-state index in [2.05, 4.69) is 4.98 Å². The molecule has 0 saturated carbocycles. The summed E-state index contributed by atoms with van der Waals surface area (Å²) in [6.45, 7) is 0. The molecule has 1 aromatic rings. The van der Waals surface area contributed by atoms with E-state index in [0.29, 0.717) is 15.7 Å². The molecule has 0 amide bonds. The number of hydrogen-bond acceptors (Lipinski definition) is 2. The number of aromatic nitrogens is 1. The van der Waals surface area contributed by atoms with Crippen molar-refractivity contribution >= 4 is 29.4 Å². The first-order valence-corrected chi connectivity index (χ1v) is 3.31. The number of rotatable bonds is 1. The highest BCUT2D eigenvalue weighted by molar-refractivity contribution is 6.35. The van der Waals surface area contributed by atoms with Gasteiger partial charge in [-0.15, -0.1) is 0 Å². The molecule has 0 saturated heterocycles. The van der Waals surface area contributed by atoms with Gasteiger partial charge in [0.1, 0.15) is 0 Å². The predicted molar refractivity (Wildman–Crippen MR) is 42.1 cm³/mol. The molecule has 0 aliphatic rings. The zero-order valence-corrected chi connectivity index (χ0v) is 6.45. The molecule has 0 spiro atoms. The fraction of sp³-hybridized carbons (Fsp3) is 0. The number of nitrogens with one attached hydrogen (secondary N) is 1. The van der Waals surface area contributed by atoms with Crippen LogP contribution in [-0.4, -0.2) is 11.2 Å². The largest absolute Gasteiger partial charge is 0.306 e. The quantitative estimate of drug-likeness (QED) is 0.653. The topological polar surface area (TPSA) is 36.7 Å². The van der Waals surface area contributed by atoms with Gasteiger partial charge >= 0.3 is 0 Å². The summed E-state index contributed by atoms with van der Waals surface area (Å²) in [7, 11) is 0. The zero-order chi connectivity index (χ0) is 7.56. The second-order valence-electron chi connectivity index (χ2n) is 1.66. The van der Waals surface area contributed by atoms with Crippen molar-refractivity contribution in [2.45, 2.75) is 0 Å². The maximum atomic E-state index is 6.84. The molecule has 52 valence electrons. The molecule has 1 N–H and O–H groups in total. The van der Waals surface area contributed by atoms with Gasteiger partial charge in [0.15, 0.2) is 0 Å². The van der Waals surface area contributed by atoms with Crippen molar-refractivity contribution in [3.8, 4) is 0 Å². The van der Waals surface area contributed by atoms with Crippen LogP contribution in [0.25, 0.3) is 0 Å². The molecule has 1 aromatic heterocycles. The van der Waals surface area contributed by atoms with E-state index in [1.807, 2.05) is 0 Å². The molecule has 2 nitrogen and oxygen atoms in total. The minimum Gasteiger partial charge on any atom is -0.306 e. The minimum absolute atomic E-state index is 0.405. The lowest BCUT2D eigenvalue weighted by atomic mass is 10.4. The van der Waals surface area contributed by atoms with Crippen LogP contribution in [0.1, 0.15) is 5.69 Å². The van der Waals surface area contributed by atoms with Gasteiger partial charge in [0, 0.05) is 12.4 Å². The van der Waals surface area contributed by atoms with Crippen molar-refractivity contribution in [1.29, 1.82) is 5.41 Å². The van der Waals surface area contributed by atoms with Gasteiger partial charge < -0.3 is 5.41 Å². The summed E-state index contributed by atoms with van der Waals surface area (Å²) in [5.74, 6) is 0. The maximum absolute atomic E-state index is 6.84. The van der Waals surface area contributed by atoms with Gasteiger partial charge in [0.2, 0.25) is 0 Å². The van der Waals surface area contributed by atoms with Crippen LogP contribution in [0.5, 0.6) is 0 Å². The summed E-state index contributed by atoms with van der Waals surface area (Å²) in [6, 6.07) is 1.55. The molecular weight excluding hydrogens is 171 g/mol. The average Bonchev–Trinajstić information content (AvgIpc) is 1.88. The van der Waals surface area contributed by atoms with Crippen molar-refractivity contribution in [3.63, 3.8) is 0 Å². The van der Waals surface area contributed by atoms with E-state index in [1.165, 1.54) is 6.20 Å². The van der Waals surface area contributed by atoms with Gasteiger partial charge in [-0.25, -0.2) is 0 Å². The van der Waals surface area contributed by atoms with Crippen LogP contribution < -0.4 is 0 Å². The van der Waals surface area contributed by atoms with Crippen LogP contribution >= 0.6 is 23.2 Å². The summed E-state index contributed by atoms with van der Waals surface area (Å²) in [5.41, 5.74) is 0.436. The van der Waals surface area contributed by atoms with Gasteiger partial charge in [-0.05, 0) is 6.07 Å². The highest BCUT2D eigenvalue weighted by Gasteiger charge is 1.97. The Hall–Kier alpha value is -0.600. The van der Waals surface area contributed by atoms with Crippen molar-refractivity contribution in [1.82, 2.24) is 4.98 Å². The SMILES string of the molecule is N=Cc1ncc(Cl)cc1Cl. The van der Waals surface area contributed by atoms with Crippen LogP contribution in [0.2, 0.25) is 10.0 Å². The first-order valence-electron chi connectivity index (χ1n) is 2.55. The summed E-state index contributed by atoms with van der Waals surface area (Å²) in [5, 5.41) is 7.73. The Labute approximate surface area is 68.3 Å². The molecule has 4 heteroatoms. The second kappa shape index (κ2) is 2.99. The molecule has 0 aliphatic heterocycles. The Kier molecular flexibility index (Phi) is 2.25. The van der Waals surface area contributed by atoms with Crippen LogP contribution in [0.15, 0.2) is 12.3 Å². The monoisotopic (exact) mass is 174 g/mol. The molecule has 1 rings (SSSR count). The van der Waals surface area contributed by atoms with E-state index in [0.717, 1.165) is 6.21 Å². The van der Waals surface area contributed by atoms with E-state index in [9.17, 15) is 0 Å². The summed E-state index contributed by atoms with van der Waals surface area (Å²) in [6.07, 6.45) is 2.53. The third-order valence-electron chi connectivity index (χ3n) is 0.973. The molecule has 0 radical (unpaired) electrons. The Morgan fingerprint density at radius 1 is 1.50 bits per heavy atom. The normalized spacial score (nSPS) is 9.40. The Morgan fingerprint density at radius 2 is 2.20 bits per heavy atom. The van der Waals surface area contributed by atoms with Crippen molar-refractivity contribution in [2.24, 2.45) is 0 Å². The molecule has 0 fully saturated rings. The average molecular weight is 175 g/mol. The maximum Gasteiger partial charge on any atom is 0.0992 e. The van der Waals surface area contributed by atoms with E-state index >= 15 is 0 Å². The highest BCUT2D eigenvalue weighted by atomic mass is 35.5. The predicted octanol–water partition coefficient (Wildman–Crippen LogP) is 2.39. The fourth-order valence-corrected chi connectivity index (χ4v) is 0.966. The summed E-state index contributed by atoms with van der Waals surface area (Å²) >= 11 is 11.2. The standard InChI is InChI=1S/C6H4Cl2N2/c7-4-1-5(8)6(2-9)10-3-4/h1-3,9H. The molecule has 1 heterocycles. The van der Waals surface area contributed by atoms with Crippen LogP contribution in [-0.2, 0) is 0 Å². The summed E-state index contributed by atoms with van der Waals surface area (Å²) in [4.78, 5) is 3.79. The Bertz CT molecular complexity index is 260. The minimum atomic E-state index is 0.405. The van der Waals surface area contributed by atoms with Gasteiger partial charge in [0.25, 0.3) is 0 Å². The van der Waals surface area contributed by atoms with Crippen LogP contribution in [0.4, 0.5) is 0 Å². The molecule has 0 aliphatic carbocycles. The van der Waals surface area contributed by atoms with Gasteiger partial charge in [-0.1, -0.05) is 23.2 Å². The summed E-state index contributed by atoms with van der Waals surface area (Å²) < 4.78 is 0. The third kappa shape index (κ3) is 1.46. The van der Waals surface area contributed by atoms with Gasteiger partial charge in [-0.3, -0.25) is 4.98 Å². The highest BCUT2D eigenvalue weighted by Crippen LogP contribution is 2.16. The second-order valence-corrected chi connectivity index (χ2v) is 2.51. The first-order chi connectivity index (χ1) is 4.74. The lowest BCUT2D eigenvalue weighted by Gasteiger charge is -1.94. The fourth-order valence-electron chi connectivity index (χ4n) is 0.531. The molecule has 0 bridgehead atoms. The van der Waals surface area contributed by atoms with E-state index in [1.54, 1.807) is 6.07 Å². The lowest BCUT2D eigenvalue weighted by Crippen LogP contribution is -1.86. The zero-order valence-electron chi connectivity index (χ0n) is 4.94. The van der Waals surface area contributed by atoms with Gasteiger partial charge in [0.05, 0.1) is 15.7 Å². The number of halogens is 2. The number of pyridine rings is 1. The molecule has 0 atom stereocenters. The third-order valence-corrected chi connectivity index (χ3v) is 1.48. The smallest absolute Gasteiger partial charge is 0.0992 e. The Morgan fingerprint density at radius 3 is 2.70 bits per heavy atom. The molecule has 0 unspecified atom stereocenters. The van der Waals surface area contributed by atoms with Crippen LogP contribution in [0.3, 0.4) is 0 Å². The Balaban J connectivity index is 3.19. The van der Waals surface area contributed by atoms with E-state index < -0.39 is 0 Å². The van der Waals surface area contributed by atoms with E-state index in [-0.39, 0.29) is 0 Å². The van der Waals surface area contributed by atoms with Gasteiger partial charge in [-0.2, -0.15) is 0 Å². The van der Waals surface area contributed by atoms with E-state index in [4.69, 9.17) is 28.6 Å². The number of nitrogens with zero attached hydrogens (tertiary/aromatic N) is 1. The van der Waals surface area contributed by atoms with Crippen molar-refractivity contribution in [2.75, 3.05) is 0 Å². The number of hydrogen-bond donors (Lipinski definition) is 1.